The predicted octanol–water partition coefficient (Wildman–Crippen LogP) is 5.10. The van der Waals surface area contributed by atoms with Crippen LogP contribution < -0.4 is 5.32 Å². The summed E-state index contributed by atoms with van der Waals surface area (Å²) in [6.07, 6.45) is 9.84. The molecule has 0 aliphatic rings. The highest BCUT2D eigenvalue weighted by Crippen LogP contribution is 2.30. The number of rotatable bonds is 6. The summed E-state index contributed by atoms with van der Waals surface area (Å²) in [6, 6.07) is 7.31. The highest BCUT2D eigenvalue weighted by molar-refractivity contribution is 5.86. The number of hydrogen-bond donors (Lipinski definition) is 1. The second kappa shape index (κ2) is 8.46. The van der Waals surface area contributed by atoms with Crippen LogP contribution in [0.25, 0.3) is 33.4 Å². The average molecular weight is 442 g/mol. The first-order valence-electron chi connectivity index (χ1n) is 10.7. The summed E-state index contributed by atoms with van der Waals surface area (Å²) >= 11 is 0. The molecule has 1 aromatic carbocycles. The SMILES string of the molecule is Cc1nc(NCCc2cncc(-c3cnn(C)c3)c2)cc(-c2cc(F)c3occ(C)c3c2)n1. The smallest absolute Gasteiger partial charge is 0.169 e. The number of nitrogens with zero attached hydrogens (tertiary/aromatic N) is 5. The van der Waals surface area contributed by atoms with Crippen LogP contribution >= 0.6 is 0 Å². The normalized spacial score (nSPS) is 11.3. The van der Waals surface area contributed by atoms with Crippen LogP contribution in [0.3, 0.4) is 0 Å². The quantitative estimate of drug-likeness (QED) is 0.394. The molecule has 0 aliphatic carbocycles. The van der Waals surface area contributed by atoms with E-state index >= 15 is 0 Å². The van der Waals surface area contributed by atoms with Gasteiger partial charge in [0.15, 0.2) is 11.4 Å². The number of hydrogen-bond acceptors (Lipinski definition) is 6. The maximum absolute atomic E-state index is 14.5. The molecule has 7 nitrogen and oxygen atoms in total. The molecule has 0 radical (unpaired) electrons. The van der Waals surface area contributed by atoms with Crippen molar-refractivity contribution in [3.63, 3.8) is 0 Å². The summed E-state index contributed by atoms with van der Waals surface area (Å²) in [7, 11) is 1.89. The van der Waals surface area contributed by atoms with Gasteiger partial charge in [-0.15, -0.1) is 0 Å². The van der Waals surface area contributed by atoms with Gasteiger partial charge in [-0.2, -0.15) is 5.10 Å². The van der Waals surface area contributed by atoms with Crippen molar-refractivity contribution in [1.82, 2.24) is 24.7 Å². The van der Waals surface area contributed by atoms with E-state index < -0.39 is 5.82 Å². The molecule has 4 heterocycles. The topological polar surface area (TPSA) is 81.7 Å². The van der Waals surface area contributed by atoms with E-state index in [2.05, 4.69) is 31.4 Å². The number of benzene rings is 1. The molecule has 0 aliphatic heterocycles. The van der Waals surface area contributed by atoms with Crippen molar-refractivity contribution in [3.8, 4) is 22.4 Å². The second-order valence-electron chi connectivity index (χ2n) is 8.10. The molecule has 1 N–H and O–H groups in total. The first kappa shape index (κ1) is 20.8. The van der Waals surface area contributed by atoms with Crippen molar-refractivity contribution in [1.29, 1.82) is 0 Å². The summed E-state index contributed by atoms with van der Waals surface area (Å²) < 4.78 is 21.6. The molecule has 33 heavy (non-hydrogen) atoms. The molecule has 0 bridgehead atoms. The van der Waals surface area contributed by atoms with Crippen molar-refractivity contribution < 1.29 is 8.81 Å². The summed E-state index contributed by atoms with van der Waals surface area (Å²) in [5, 5.41) is 8.33. The lowest BCUT2D eigenvalue weighted by molar-refractivity contribution is 0.559. The molecule has 8 heteroatoms. The van der Waals surface area contributed by atoms with Crippen LogP contribution in [0.5, 0.6) is 0 Å². The third kappa shape index (κ3) is 4.32. The van der Waals surface area contributed by atoms with Crippen molar-refractivity contribution in [2.24, 2.45) is 7.05 Å². The molecule has 0 saturated heterocycles. The van der Waals surface area contributed by atoms with Crippen LogP contribution in [0.1, 0.15) is 17.0 Å². The fourth-order valence-corrected chi connectivity index (χ4v) is 3.86. The Morgan fingerprint density at radius 3 is 2.70 bits per heavy atom. The summed E-state index contributed by atoms with van der Waals surface area (Å²) in [5.41, 5.74) is 5.68. The molecule has 0 saturated carbocycles. The van der Waals surface area contributed by atoms with E-state index in [9.17, 15) is 4.39 Å². The van der Waals surface area contributed by atoms with Gasteiger partial charge in [0.25, 0.3) is 0 Å². The van der Waals surface area contributed by atoms with Gasteiger partial charge in [-0.1, -0.05) is 0 Å². The maximum Gasteiger partial charge on any atom is 0.169 e. The summed E-state index contributed by atoms with van der Waals surface area (Å²) in [5.74, 6) is 0.903. The minimum Gasteiger partial charge on any atom is -0.461 e. The molecule has 0 unspecified atom stereocenters. The Morgan fingerprint density at radius 1 is 1.00 bits per heavy atom. The minimum atomic E-state index is -0.401. The number of halogens is 1. The number of fused-ring (bicyclic) bond motifs is 1. The molecule has 0 spiro atoms. The van der Waals surface area contributed by atoms with Crippen LogP contribution in [0.4, 0.5) is 10.2 Å². The average Bonchev–Trinajstić information content (AvgIpc) is 3.40. The lowest BCUT2D eigenvalue weighted by Gasteiger charge is -2.10. The Bertz CT molecular complexity index is 1450. The van der Waals surface area contributed by atoms with Crippen molar-refractivity contribution in [2.75, 3.05) is 11.9 Å². The van der Waals surface area contributed by atoms with Gasteiger partial charge in [0.05, 0.1) is 18.2 Å². The van der Waals surface area contributed by atoms with E-state index in [1.54, 1.807) is 10.9 Å². The van der Waals surface area contributed by atoms with Gasteiger partial charge >= 0.3 is 0 Å². The highest BCUT2D eigenvalue weighted by atomic mass is 19.1. The van der Waals surface area contributed by atoms with E-state index in [1.165, 1.54) is 6.07 Å². The third-order valence-corrected chi connectivity index (χ3v) is 5.51. The molecule has 5 aromatic rings. The standard InChI is InChI=1S/C25H23FN6O/c1-15-14-33-25-21(15)7-18(8-22(25)26)23-9-24(31-16(2)30-23)28-5-4-17-6-19(11-27-10-17)20-12-29-32(3)13-20/h6-14H,4-5H2,1-3H3,(H,28,30,31). The molecular formula is C25H23FN6O. The lowest BCUT2D eigenvalue weighted by atomic mass is 10.1. The van der Waals surface area contributed by atoms with E-state index in [4.69, 9.17) is 4.42 Å². The van der Waals surface area contributed by atoms with Crippen molar-refractivity contribution in [3.05, 3.63) is 78.1 Å². The molecule has 4 aromatic heterocycles. The first-order valence-corrected chi connectivity index (χ1v) is 10.7. The molecule has 0 fully saturated rings. The van der Waals surface area contributed by atoms with Gasteiger partial charge in [0, 0.05) is 60.3 Å². The van der Waals surface area contributed by atoms with Crippen LogP contribution in [0.2, 0.25) is 0 Å². The van der Waals surface area contributed by atoms with Gasteiger partial charge in [-0.25, -0.2) is 14.4 Å². The van der Waals surface area contributed by atoms with Crippen molar-refractivity contribution in [2.45, 2.75) is 20.3 Å². The number of furan rings is 1. The van der Waals surface area contributed by atoms with Crippen LogP contribution in [-0.2, 0) is 13.5 Å². The summed E-state index contributed by atoms with van der Waals surface area (Å²) in [4.78, 5) is 13.4. The monoisotopic (exact) mass is 442 g/mol. The molecule has 0 amide bonds. The number of nitrogens with one attached hydrogen (secondary N) is 1. The minimum absolute atomic E-state index is 0.266. The van der Waals surface area contributed by atoms with Crippen LogP contribution in [-0.4, -0.2) is 31.3 Å². The van der Waals surface area contributed by atoms with Gasteiger partial charge in [0.2, 0.25) is 0 Å². The molecular weight excluding hydrogens is 419 g/mol. The lowest BCUT2D eigenvalue weighted by Crippen LogP contribution is -2.08. The first-order chi connectivity index (χ1) is 16.0. The molecule has 166 valence electrons. The zero-order chi connectivity index (χ0) is 22.9. The van der Waals surface area contributed by atoms with Gasteiger partial charge in [0.1, 0.15) is 11.6 Å². The second-order valence-corrected chi connectivity index (χ2v) is 8.10. The Labute approximate surface area is 190 Å². The highest BCUT2D eigenvalue weighted by Gasteiger charge is 2.13. The Morgan fingerprint density at radius 2 is 1.88 bits per heavy atom. The Hall–Kier alpha value is -4.07. The van der Waals surface area contributed by atoms with E-state index in [-0.39, 0.29) is 5.58 Å². The largest absolute Gasteiger partial charge is 0.461 e. The zero-order valence-corrected chi connectivity index (χ0v) is 18.6. The number of anilines is 1. The van der Waals surface area contributed by atoms with E-state index in [0.29, 0.717) is 29.4 Å². The molecule has 5 rings (SSSR count). The third-order valence-electron chi connectivity index (χ3n) is 5.51. The van der Waals surface area contributed by atoms with Gasteiger partial charge in [-0.3, -0.25) is 9.67 Å². The Kier molecular flexibility index (Phi) is 5.34. The van der Waals surface area contributed by atoms with Crippen LogP contribution in [0, 0.1) is 19.7 Å². The number of aryl methyl sites for hydroxylation is 3. The summed E-state index contributed by atoms with van der Waals surface area (Å²) in [6.45, 7) is 4.39. The van der Waals surface area contributed by atoms with E-state index in [0.717, 1.165) is 34.1 Å². The fraction of sp³-hybridized carbons (Fsp3) is 0.200. The fourth-order valence-electron chi connectivity index (χ4n) is 3.86. The Balaban J connectivity index is 1.33. The predicted molar refractivity (Wildman–Crippen MR) is 125 cm³/mol. The van der Waals surface area contributed by atoms with E-state index in [1.807, 2.05) is 57.8 Å². The number of aromatic nitrogens is 5. The van der Waals surface area contributed by atoms with Gasteiger partial charge < -0.3 is 9.73 Å². The zero-order valence-electron chi connectivity index (χ0n) is 18.6. The molecule has 0 atom stereocenters. The van der Waals surface area contributed by atoms with Crippen LogP contribution in [0.15, 0.2) is 59.7 Å². The maximum atomic E-state index is 14.5. The number of pyridine rings is 1. The van der Waals surface area contributed by atoms with Gasteiger partial charge in [-0.05, 0) is 49.6 Å². The van der Waals surface area contributed by atoms with Crippen molar-refractivity contribution >= 4 is 16.8 Å².